The van der Waals surface area contributed by atoms with Gasteiger partial charge in [-0.3, -0.25) is 9.59 Å². The van der Waals surface area contributed by atoms with Gasteiger partial charge in [-0.25, -0.2) is 4.98 Å². The number of nitrogens with one attached hydrogen (secondary N) is 1. The third-order valence-corrected chi connectivity index (χ3v) is 5.55. The minimum Gasteiger partial charge on any atom is -0.481 e. The number of ether oxygens (including phenoxy) is 1. The SMILES string of the molecule is O=C(N[C@H]1CCCCC[C@H]1C(=O)O)c1csc(C2CCCO2)n1. The molecule has 0 bridgehead atoms. The zero-order valence-corrected chi connectivity index (χ0v) is 13.8. The maximum Gasteiger partial charge on any atom is 0.308 e. The molecular weight excluding hydrogens is 316 g/mol. The van der Waals surface area contributed by atoms with Crippen LogP contribution in [0.5, 0.6) is 0 Å². The highest BCUT2D eigenvalue weighted by atomic mass is 32.1. The summed E-state index contributed by atoms with van der Waals surface area (Å²) in [6.45, 7) is 0.744. The molecule has 2 aliphatic rings. The number of carbonyl (C=O) groups excluding carboxylic acids is 1. The van der Waals surface area contributed by atoms with Crippen molar-refractivity contribution in [3.05, 3.63) is 16.1 Å². The first-order valence-electron chi connectivity index (χ1n) is 8.26. The number of aromatic nitrogens is 1. The Balaban J connectivity index is 1.66. The van der Waals surface area contributed by atoms with E-state index in [1.807, 2.05) is 0 Å². The summed E-state index contributed by atoms with van der Waals surface area (Å²) < 4.78 is 5.59. The van der Waals surface area contributed by atoms with Gasteiger partial charge in [0.1, 0.15) is 16.8 Å². The third-order valence-electron chi connectivity index (χ3n) is 4.61. The van der Waals surface area contributed by atoms with Crippen molar-refractivity contribution in [2.45, 2.75) is 57.1 Å². The van der Waals surface area contributed by atoms with Gasteiger partial charge >= 0.3 is 5.97 Å². The Labute approximate surface area is 139 Å². The van der Waals surface area contributed by atoms with E-state index in [1.54, 1.807) is 5.38 Å². The van der Waals surface area contributed by atoms with Crippen LogP contribution in [0.15, 0.2) is 5.38 Å². The molecule has 1 amide bonds. The maximum absolute atomic E-state index is 12.4. The number of carboxylic acids is 1. The van der Waals surface area contributed by atoms with Crippen LogP contribution in [-0.4, -0.2) is 34.6 Å². The van der Waals surface area contributed by atoms with E-state index >= 15 is 0 Å². The molecule has 1 saturated heterocycles. The molecule has 7 heteroatoms. The van der Waals surface area contributed by atoms with Gasteiger partial charge in [0, 0.05) is 18.0 Å². The van der Waals surface area contributed by atoms with Gasteiger partial charge in [0.05, 0.1) is 5.92 Å². The molecule has 3 rings (SSSR count). The van der Waals surface area contributed by atoms with Gasteiger partial charge in [-0.2, -0.15) is 0 Å². The van der Waals surface area contributed by atoms with E-state index in [4.69, 9.17) is 4.74 Å². The van der Waals surface area contributed by atoms with Crippen molar-refractivity contribution >= 4 is 23.2 Å². The quantitative estimate of drug-likeness (QED) is 0.824. The maximum atomic E-state index is 12.4. The molecule has 1 aliphatic heterocycles. The molecule has 3 atom stereocenters. The molecule has 1 saturated carbocycles. The van der Waals surface area contributed by atoms with E-state index in [0.29, 0.717) is 18.5 Å². The minimum absolute atomic E-state index is 0.00574. The summed E-state index contributed by atoms with van der Waals surface area (Å²) in [5, 5.41) is 14.8. The Morgan fingerprint density at radius 3 is 2.78 bits per heavy atom. The number of carboxylic acid groups (broad SMARTS) is 1. The highest BCUT2D eigenvalue weighted by Gasteiger charge is 2.31. The number of hydrogen-bond donors (Lipinski definition) is 2. The van der Waals surface area contributed by atoms with Crippen molar-refractivity contribution in [1.29, 1.82) is 0 Å². The zero-order chi connectivity index (χ0) is 16.2. The first kappa shape index (κ1) is 16.4. The van der Waals surface area contributed by atoms with Crippen LogP contribution in [0.2, 0.25) is 0 Å². The predicted octanol–water partition coefficient (Wildman–Crippen LogP) is 2.76. The smallest absolute Gasteiger partial charge is 0.308 e. The van der Waals surface area contributed by atoms with E-state index < -0.39 is 11.9 Å². The highest BCUT2D eigenvalue weighted by Crippen LogP contribution is 2.31. The lowest BCUT2D eigenvalue weighted by atomic mass is 9.95. The first-order chi connectivity index (χ1) is 11.1. The largest absolute Gasteiger partial charge is 0.481 e. The summed E-state index contributed by atoms with van der Waals surface area (Å²) in [4.78, 5) is 28.2. The number of rotatable bonds is 4. The molecule has 1 aromatic rings. The lowest BCUT2D eigenvalue weighted by Crippen LogP contribution is -2.43. The zero-order valence-electron chi connectivity index (χ0n) is 13.0. The van der Waals surface area contributed by atoms with Crippen LogP contribution >= 0.6 is 11.3 Å². The fraction of sp³-hybridized carbons (Fsp3) is 0.688. The molecule has 126 valence electrons. The van der Waals surface area contributed by atoms with E-state index in [9.17, 15) is 14.7 Å². The Morgan fingerprint density at radius 2 is 2.04 bits per heavy atom. The fourth-order valence-corrected chi connectivity index (χ4v) is 4.21. The van der Waals surface area contributed by atoms with Gasteiger partial charge in [0.25, 0.3) is 5.91 Å². The molecule has 0 spiro atoms. The molecule has 0 aromatic carbocycles. The summed E-state index contributed by atoms with van der Waals surface area (Å²) in [6, 6.07) is -0.310. The second-order valence-electron chi connectivity index (χ2n) is 6.24. The van der Waals surface area contributed by atoms with Gasteiger partial charge < -0.3 is 15.2 Å². The normalized spacial score (nSPS) is 28.3. The van der Waals surface area contributed by atoms with Crippen LogP contribution in [0.1, 0.15) is 66.5 Å². The summed E-state index contributed by atoms with van der Waals surface area (Å²) in [7, 11) is 0. The molecule has 2 heterocycles. The topological polar surface area (TPSA) is 88.5 Å². The molecule has 1 aromatic heterocycles. The average molecular weight is 338 g/mol. The molecule has 6 nitrogen and oxygen atoms in total. The van der Waals surface area contributed by atoms with Crippen molar-refractivity contribution in [1.82, 2.24) is 10.3 Å². The molecular formula is C16H22N2O4S. The van der Waals surface area contributed by atoms with Crippen molar-refractivity contribution < 1.29 is 19.4 Å². The molecule has 1 aliphatic carbocycles. The van der Waals surface area contributed by atoms with Crippen molar-refractivity contribution in [2.75, 3.05) is 6.61 Å². The van der Waals surface area contributed by atoms with Gasteiger partial charge in [-0.05, 0) is 25.7 Å². The highest BCUT2D eigenvalue weighted by molar-refractivity contribution is 7.09. The Kier molecular flexibility index (Phi) is 5.27. The van der Waals surface area contributed by atoms with Gasteiger partial charge in [-0.1, -0.05) is 19.3 Å². The van der Waals surface area contributed by atoms with Crippen molar-refractivity contribution in [3.8, 4) is 0 Å². The van der Waals surface area contributed by atoms with Gasteiger partial charge in [0.15, 0.2) is 0 Å². The number of carbonyl (C=O) groups is 2. The Bertz CT molecular complexity index is 568. The molecule has 1 unspecified atom stereocenters. The fourth-order valence-electron chi connectivity index (χ4n) is 3.33. The summed E-state index contributed by atoms with van der Waals surface area (Å²) in [5.41, 5.74) is 0.369. The first-order valence-corrected chi connectivity index (χ1v) is 9.14. The van der Waals surface area contributed by atoms with E-state index in [1.165, 1.54) is 11.3 Å². The lowest BCUT2D eigenvalue weighted by molar-refractivity contribution is -0.142. The average Bonchev–Trinajstić information content (AvgIpc) is 3.15. The predicted molar refractivity (Wildman–Crippen MR) is 85.5 cm³/mol. The van der Waals surface area contributed by atoms with E-state index in [2.05, 4.69) is 10.3 Å². The van der Waals surface area contributed by atoms with Crippen LogP contribution in [0, 0.1) is 5.92 Å². The van der Waals surface area contributed by atoms with E-state index in [0.717, 1.165) is 43.7 Å². The number of hydrogen-bond acceptors (Lipinski definition) is 5. The van der Waals surface area contributed by atoms with Crippen molar-refractivity contribution in [3.63, 3.8) is 0 Å². The lowest BCUT2D eigenvalue weighted by Gasteiger charge is -2.22. The second kappa shape index (κ2) is 7.40. The molecule has 23 heavy (non-hydrogen) atoms. The molecule has 0 radical (unpaired) electrons. The molecule has 2 fully saturated rings. The number of aliphatic carboxylic acids is 1. The second-order valence-corrected chi connectivity index (χ2v) is 7.13. The number of nitrogens with zero attached hydrogens (tertiary/aromatic N) is 1. The Morgan fingerprint density at radius 1 is 1.22 bits per heavy atom. The summed E-state index contributed by atoms with van der Waals surface area (Å²) >= 11 is 1.44. The summed E-state index contributed by atoms with van der Waals surface area (Å²) in [6.07, 6.45) is 6.19. The number of amides is 1. The summed E-state index contributed by atoms with van der Waals surface area (Å²) in [5.74, 6) is -1.60. The standard InChI is InChI=1S/C16H22N2O4S/c19-14(12-9-23-15(18-12)13-7-4-8-22-13)17-11-6-3-1-2-5-10(11)16(20)21/h9-11,13H,1-8H2,(H,17,19)(H,20,21)/t10-,11+,13?/m1/s1. The number of thiazole rings is 1. The van der Waals surface area contributed by atoms with Crippen LogP contribution in [-0.2, 0) is 9.53 Å². The van der Waals surface area contributed by atoms with Crippen molar-refractivity contribution in [2.24, 2.45) is 5.92 Å². The monoisotopic (exact) mass is 338 g/mol. The van der Waals surface area contributed by atoms with E-state index in [-0.39, 0.29) is 18.1 Å². The van der Waals surface area contributed by atoms with Gasteiger partial charge in [0.2, 0.25) is 0 Å². The van der Waals surface area contributed by atoms with Gasteiger partial charge in [-0.15, -0.1) is 11.3 Å². The molecule has 2 N–H and O–H groups in total. The van der Waals surface area contributed by atoms with Crippen LogP contribution in [0.4, 0.5) is 0 Å². The van der Waals surface area contributed by atoms with Crippen LogP contribution in [0.25, 0.3) is 0 Å². The minimum atomic E-state index is -0.824. The van der Waals surface area contributed by atoms with Crippen LogP contribution in [0.3, 0.4) is 0 Å². The third kappa shape index (κ3) is 3.90. The van der Waals surface area contributed by atoms with Crippen LogP contribution < -0.4 is 5.32 Å². The Hall–Kier alpha value is -1.47.